The number of ether oxygens (including phenoxy) is 2. The molecule has 0 aromatic rings. The quantitative estimate of drug-likeness (QED) is 0.492. The molecule has 0 unspecified atom stereocenters. The zero-order valence-corrected chi connectivity index (χ0v) is 8.50. The Labute approximate surface area is 78.8 Å². The third-order valence-corrected chi connectivity index (χ3v) is 1.65. The predicted octanol–water partition coefficient (Wildman–Crippen LogP) is 0.585. The maximum absolute atomic E-state index is 11.1. The van der Waals surface area contributed by atoms with Crippen LogP contribution in [0.25, 0.3) is 0 Å². The van der Waals surface area contributed by atoms with Crippen LogP contribution in [0.15, 0.2) is 0 Å². The molecule has 0 amide bonds. The van der Waals surface area contributed by atoms with Gasteiger partial charge in [-0.1, -0.05) is 0 Å². The number of hydrogen-bond donors (Lipinski definition) is 1. The van der Waals surface area contributed by atoms with Crippen molar-refractivity contribution in [1.29, 1.82) is 0 Å². The van der Waals surface area contributed by atoms with Crippen LogP contribution >= 0.6 is 0 Å². The van der Waals surface area contributed by atoms with E-state index < -0.39 is 5.41 Å². The van der Waals surface area contributed by atoms with E-state index in [9.17, 15) is 4.79 Å². The van der Waals surface area contributed by atoms with Crippen LogP contribution in [-0.4, -0.2) is 38.0 Å². The van der Waals surface area contributed by atoms with Crippen molar-refractivity contribution in [1.82, 2.24) is 0 Å². The molecule has 0 spiro atoms. The third-order valence-electron chi connectivity index (χ3n) is 1.65. The number of carbonyl (C=O) groups excluding carboxylic acids is 1. The highest BCUT2D eigenvalue weighted by Gasteiger charge is 2.28. The zero-order valence-electron chi connectivity index (χ0n) is 8.50. The first-order chi connectivity index (χ1) is 6.04. The van der Waals surface area contributed by atoms with Gasteiger partial charge in [0.15, 0.2) is 0 Å². The molecule has 0 fully saturated rings. The molecule has 4 nitrogen and oxygen atoms in total. The summed E-state index contributed by atoms with van der Waals surface area (Å²) in [6.45, 7) is 4.42. The number of rotatable bonds is 6. The molecule has 0 aliphatic rings. The lowest BCUT2D eigenvalue weighted by Gasteiger charge is -2.20. The van der Waals surface area contributed by atoms with Crippen LogP contribution in [0.4, 0.5) is 0 Å². The molecular weight excluding hydrogens is 172 g/mol. The number of methoxy groups -OCH3 is 1. The molecule has 0 aliphatic carbocycles. The normalized spacial score (nSPS) is 11.4. The highest BCUT2D eigenvalue weighted by atomic mass is 16.5. The highest BCUT2D eigenvalue weighted by Crippen LogP contribution is 2.17. The Hall–Kier alpha value is -0.610. The van der Waals surface area contributed by atoms with Gasteiger partial charge in [-0.15, -0.1) is 0 Å². The summed E-state index contributed by atoms with van der Waals surface area (Å²) < 4.78 is 9.80. The van der Waals surface area contributed by atoms with E-state index in [0.29, 0.717) is 19.6 Å². The molecule has 0 radical (unpaired) electrons. The van der Waals surface area contributed by atoms with Gasteiger partial charge in [-0.05, 0) is 20.3 Å². The number of aliphatic hydroxyl groups excluding tert-OH is 1. The highest BCUT2D eigenvalue weighted by molar-refractivity contribution is 5.75. The van der Waals surface area contributed by atoms with Gasteiger partial charge in [-0.2, -0.15) is 0 Å². The van der Waals surface area contributed by atoms with Gasteiger partial charge >= 0.3 is 5.97 Å². The number of aliphatic hydroxyl groups is 1. The van der Waals surface area contributed by atoms with E-state index in [0.717, 1.165) is 0 Å². The van der Waals surface area contributed by atoms with Gasteiger partial charge in [-0.3, -0.25) is 4.79 Å². The Morgan fingerprint density at radius 1 is 1.46 bits per heavy atom. The van der Waals surface area contributed by atoms with Gasteiger partial charge in [-0.25, -0.2) is 0 Å². The molecule has 0 saturated carbocycles. The molecule has 0 bridgehead atoms. The molecule has 0 saturated heterocycles. The molecule has 0 atom stereocenters. The largest absolute Gasteiger partial charge is 0.469 e. The summed E-state index contributed by atoms with van der Waals surface area (Å²) >= 11 is 0. The average molecular weight is 190 g/mol. The van der Waals surface area contributed by atoms with Crippen LogP contribution in [0.3, 0.4) is 0 Å². The second-order valence-corrected chi connectivity index (χ2v) is 3.51. The maximum atomic E-state index is 11.1. The minimum Gasteiger partial charge on any atom is -0.469 e. The topological polar surface area (TPSA) is 55.8 Å². The zero-order chi connectivity index (χ0) is 10.3. The van der Waals surface area contributed by atoms with Gasteiger partial charge in [0.1, 0.15) is 0 Å². The fourth-order valence-electron chi connectivity index (χ4n) is 0.829. The number of hydrogen-bond acceptors (Lipinski definition) is 4. The van der Waals surface area contributed by atoms with E-state index in [4.69, 9.17) is 9.84 Å². The van der Waals surface area contributed by atoms with Crippen molar-refractivity contribution in [2.24, 2.45) is 5.41 Å². The monoisotopic (exact) mass is 190 g/mol. The van der Waals surface area contributed by atoms with Crippen molar-refractivity contribution < 1.29 is 19.4 Å². The second-order valence-electron chi connectivity index (χ2n) is 3.51. The molecule has 0 aromatic carbocycles. The Kier molecular flexibility index (Phi) is 5.66. The summed E-state index contributed by atoms with van der Waals surface area (Å²) in [5, 5.41) is 8.48. The lowest BCUT2D eigenvalue weighted by molar-refractivity contribution is -0.154. The van der Waals surface area contributed by atoms with E-state index in [-0.39, 0.29) is 12.6 Å². The molecule has 0 heterocycles. The van der Waals surface area contributed by atoms with Gasteiger partial charge < -0.3 is 14.6 Å². The summed E-state index contributed by atoms with van der Waals surface area (Å²) in [6.07, 6.45) is 0.594. The maximum Gasteiger partial charge on any atom is 0.313 e. The average Bonchev–Trinajstić information content (AvgIpc) is 2.11. The molecule has 0 aromatic heterocycles. The fraction of sp³-hybridized carbons (Fsp3) is 0.889. The van der Waals surface area contributed by atoms with E-state index in [1.54, 1.807) is 13.8 Å². The smallest absolute Gasteiger partial charge is 0.313 e. The third kappa shape index (κ3) is 4.85. The van der Waals surface area contributed by atoms with Gasteiger partial charge in [0.05, 0.1) is 19.1 Å². The molecule has 4 heteroatoms. The van der Waals surface area contributed by atoms with Crippen molar-refractivity contribution in [3.05, 3.63) is 0 Å². The molecule has 0 rings (SSSR count). The molecular formula is C9H18O4. The standard InChI is InChI=1S/C9H18O4/c1-9(2,8(11)12-3)7-13-6-4-5-10/h10H,4-7H2,1-3H3. The molecule has 13 heavy (non-hydrogen) atoms. The SMILES string of the molecule is COC(=O)C(C)(C)COCCCO. The predicted molar refractivity (Wildman–Crippen MR) is 48.3 cm³/mol. The van der Waals surface area contributed by atoms with E-state index in [1.807, 2.05) is 0 Å². The van der Waals surface area contributed by atoms with Gasteiger partial charge in [0.25, 0.3) is 0 Å². The summed E-state index contributed by atoms with van der Waals surface area (Å²) in [6, 6.07) is 0. The lowest BCUT2D eigenvalue weighted by Crippen LogP contribution is -2.31. The van der Waals surface area contributed by atoms with E-state index in [1.165, 1.54) is 7.11 Å². The van der Waals surface area contributed by atoms with Crippen molar-refractivity contribution in [2.75, 3.05) is 26.9 Å². The van der Waals surface area contributed by atoms with Crippen molar-refractivity contribution in [3.63, 3.8) is 0 Å². The first-order valence-electron chi connectivity index (χ1n) is 4.31. The van der Waals surface area contributed by atoms with Gasteiger partial charge in [0.2, 0.25) is 0 Å². The van der Waals surface area contributed by atoms with E-state index in [2.05, 4.69) is 4.74 Å². The molecule has 0 aliphatic heterocycles. The second kappa shape index (κ2) is 5.94. The summed E-state index contributed by atoms with van der Waals surface area (Å²) in [5.74, 6) is -0.281. The van der Waals surface area contributed by atoms with Crippen molar-refractivity contribution in [2.45, 2.75) is 20.3 Å². The first-order valence-corrected chi connectivity index (χ1v) is 4.31. The summed E-state index contributed by atoms with van der Waals surface area (Å²) in [7, 11) is 1.36. The molecule has 78 valence electrons. The Morgan fingerprint density at radius 2 is 2.08 bits per heavy atom. The van der Waals surface area contributed by atoms with Crippen molar-refractivity contribution >= 4 is 5.97 Å². The van der Waals surface area contributed by atoms with Gasteiger partial charge in [0, 0.05) is 13.2 Å². The van der Waals surface area contributed by atoms with Crippen LogP contribution in [0.1, 0.15) is 20.3 Å². The van der Waals surface area contributed by atoms with E-state index >= 15 is 0 Å². The lowest BCUT2D eigenvalue weighted by atomic mass is 9.95. The van der Waals surface area contributed by atoms with Crippen molar-refractivity contribution in [3.8, 4) is 0 Å². The van der Waals surface area contributed by atoms with Crippen LogP contribution in [0.2, 0.25) is 0 Å². The Bertz CT molecular complexity index is 154. The number of carbonyl (C=O) groups is 1. The van der Waals surface area contributed by atoms with Crippen LogP contribution in [0, 0.1) is 5.41 Å². The Balaban J connectivity index is 3.69. The Morgan fingerprint density at radius 3 is 2.54 bits per heavy atom. The number of esters is 1. The minimum atomic E-state index is -0.607. The molecule has 1 N–H and O–H groups in total. The fourth-order valence-corrected chi connectivity index (χ4v) is 0.829. The first kappa shape index (κ1) is 12.4. The van der Waals surface area contributed by atoms with Crippen LogP contribution in [-0.2, 0) is 14.3 Å². The summed E-state index contributed by atoms with van der Waals surface area (Å²) in [4.78, 5) is 11.1. The minimum absolute atomic E-state index is 0.110. The summed E-state index contributed by atoms with van der Waals surface area (Å²) in [5.41, 5.74) is -0.607. The van der Waals surface area contributed by atoms with Crippen LogP contribution < -0.4 is 0 Å². The van der Waals surface area contributed by atoms with Crippen LogP contribution in [0.5, 0.6) is 0 Å².